The molecule has 1 unspecified atom stereocenters. The van der Waals surface area contributed by atoms with E-state index in [1.54, 1.807) is 0 Å². The van der Waals surface area contributed by atoms with Crippen molar-refractivity contribution >= 4 is 15.9 Å². The van der Waals surface area contributed by atoms with Gasteiger partial charge in [0.2, 0.25) is 0 Å². The average Bonchev–Trinajstić information content (AvgIpc) is 2.19. The van der Waals surface area contributed by atoms with Gasteiger partial charge in [-0.25, -0.2) is 0 Å². The monoisotopic (exact) mass is 284 g/mol. The van der Waals surface area contributed by atoms with Crippen molar-refractivity contribution in [3.05, 3.63) is 29.8 Å². The number of halogens is 1. The van der Waals surface area contributed by atoms with E-state index in [0.29, 0.717) is 5.92 Å². The zero-order chi connectivity index (χ0) is 12.2. The molecule has 0 spiro atoms. The molecule has 0 radical (unpaired) electrons. The summed E-state index contributed by atoms with van der Waals surface area (Å²) in [5, 5.41) is 0.975. The summed E-state index contributed by atoms with van der Waals surface area (Å²) in [4.78, 5) is 0. The highest BCUT2D eigenvalue weighted by atomic mass is 79.9. The standard InChI is InChI=1S/C14H21BrO/c1-11-5-7-13(8-6-11)16-10-12(9-15)14(2,3)4/h5-8,12H,9-10H2,1-4H3. The second-order valence-corrected chi connectivity index (χ2v) is 5.99. The molecule has 0 N–H and O–H groups in total. The van der Waals surface area contributed by atoms with Crippen LogP contribution in [-0.2, 0) is 0 Å². The van der Waals surface area contributed by atoms with Crippen molar-refractivity contribution in [3.8, 4) is 5.75 Å². The fraction of sp³-hybridized carbons (Fsp3) is 0.571. The molecule has 1 aromatic rings. The number of aryl methyl sites for hydroxylation is 1. The molecule has 16 heavy (non-hydrogen) atoms. The van der Waals surface area contributed by atoms with Crippen LogP contribution in [0.4, 0.5) is 0 Å². The van der Waals surface area contributed by atoms with Crippen LogP contribution in [0.2, 0.25) is 0 Å². The smallest absolute Gasteiger partial charge is 0.119 e. The van der Waals surface area contributed by atoms with E-state index in [0.717, 1.165) is 17.7 Å². The summed E-state index contributed by atoms with van der Waals surface area (Å²) in [7, 11) is 0. The van der Waals surface area contributed by atoms with Crippen LogP contribution in [0.25, 0.3) is 0 Å². The summed E-state index contributed by atoms with van der Waals surface area (Å²) < 4.78 is 5.81. The first-order valence-electron chi connectivity index (χ1n) is 5.69. The molecule has 0 amide bonds. The Hall–Kier alpha value is -0.500. The summed E-state index contributed by atoms with van der Waals surface area (Å²) in [6, 6.07) is 8.22. The highest BCUT2D eigenvalue weighted by molar-refractivity contribution is 9.09. The van der Waals surface area contributed by atoms with Crippen molar-refractivity contribution in [3.63, 3.8) is 0 Å². The normalized spacial score (nSPS) is 13.6. The number of hydrogen-bond donors (Lipinski definition) is 0. The third-order valence-electron chi connectivity index (χ3n) is 2.88. The Morgan fingerprint density at radius 2 is 1.75 bits per heavy atom. The molecule has 1 rings (SSSR count). The maximum absolute atomic E-state index is 5.81. The lowest BCUT2D eigenvalue weighted by molar-refractivity contribution is 0.166. The lowest BCUT2D eigenvalue weighted by Gasteiger charge is -2.28. The molecule has 0 saturated carbocycles. The Bertz CT molecular complexity index is 311. The fourth-order valence-electron chi connectivity index (χ4n) is 1.36. The van der Waals surface area contributed by atoms with Crippen LogP contribution < -0.4 is 4.74 Å². The van der Waals surface area contributed by atoms with Gasteiger partial charge >= 0.3 is 0 Å². The predicted octanol–water partition coefficient (Wildman–Crippen LogP) is 4.43. The first-order chi connectivity index (χ1) is 7.43. The minimum Gasteiger partial charge on any atom is -0.493 e. The van der Waals surface area contributed by atoms with E-state index in [9.17, 15) is 0 Å². The van der Waals surface area contributed by atoms with E-state index >= 15 is 0 Å². The molecular weight excluding hydrogens is 264 g/mol. The van der Waals surface area contributed by atoms with Gasteiger partial charge in [0.05, 0.1) is 6.61 Å². The van der Waals surface area contributed by atoms with Crippen molar-refractivity contribution in [2.75, 3.05) is 11.9 Å². The zero-order valence-electron chi connectivity index (χ0n) is 10.6. The van der Waals surface area contributed by atoms with Gasteiger partial charge in [0.15, 0.2) is 0 Å². The molecule has 0 fully saturated rings. The highest BCUT2D eigenvalue weighted by Gasteiger charge is 2.24. The number of alkyl halides is 1. The van der Waals surface area contributed by atoms with Crippen molar-refractivity contribution < 1.29 is 4.74 Å². The lowest BCUT2D eigenvalue weighted by Crippen LogP contribution is -2.27. The number of rotatable bonds is 4. The molecule has 0 aliphatic rings. The third kappa shape index (κ3) is 4.17. The maximum atomic E-state index is 5.81. The highest BCUT2D eigenvalue weighted by Crippen LogP contribution is 2.28. The van der Waals surface area contributed by atoms with Crippen LogP contribution in [-0.4, -0.2) is 11.9 Å². The van der Waals surface area contributed by atoms with Crippen LogP contribution in [0, 0.1) is 18.3 Å². The lowest BCUT2D eigenvalue weighted by atomic mass is 9.83. The summed E-state index contributed by atoms with van der Waals surface area (Å²) >= 11 is 3.56. The molecule has 90 valence electrons. The molecule has 0 aliphatic heterocycles. The molecule has 0 aromatic heterocycles. The van der Waals surface area contributed by atoms with E-state index < -0.39 is 0 Å². The van der Waals surface area contributed by atoms with Gasteiger partial charge in [0.25, 0.3) is 0 Å². The Morgan fingerprint density at radius 3 is 2.19 bits per heavy atom. The van der Waals surface area contributed by atoms with Crippen molar-refractivity contribution in [2.24, 2.45) is 11.3 Å². The molecule has 0 saturated heterocycles. The van der Waals surface area contributed by atoms with Gasteiger partial charge in [0.1, 0.15) is 5.75 Å². The van der Waals surface area contributed by atoms with E-state index in [4.69, 9.17) is 4.74 Å². The van der Waals surface area contributed by atoms with Crippen LogP contribution >= 0.6 is 15.9 Å². The molecule has 0 heterocycles. The average molecular weight is 285 g/mol. The van der Waals surface area contributed by atoms with Gasteiger partial charge in [-0.3, -0.25) is 0 Å². The molecular formula is C14H21BrO. The summed E-state index contributed by atoms with van der Waals surface area (Å²) in [6.45, 7) is 9.59. The topological polar surface area (TPSA) is 9.23 Å². The maximum Gasteiger partial charge on any atom is 0.119 e. The molecule has 1 nitrogen and oxygen atoms in total. The zero-order valence-corrected chi connectivity index (χ0v) is 12.2. The van der Waals surface area contributed by atoms with Gasteiger partial charge in [-0.05, 0) is 24.5 Å². The number of hydrogen-bond acceptors (Lipinski definition) is 1. The summed E-state index contributed by atoms with van der Waals surface area (Å²) in [5.41, 5.74) is 1.54. The molecule has 2 heteroatoms. The third-order valence-corrected chi connectivity index (χ3v) is 3.66. The van der Waals surface area contributed by atoms with Crippen molar-refractivity contribution in [1.29, 1.82) is 0 Å². The quantitative estimate of drug-likeness (QED) is 0.743. The summed E-state index contributed by atoms with van der Waals surface area (Å²) in [6.07, 6.45) is 0. The SMILES string of the molecule is Cc1ccc(OCC(CBr)C(C)(C)C)cc1. The number of benzene rings is 1. The van der Waals surface area contributed by atoms with Crippen molar-refractivity contribution in [2.45, 2.75) is 27.7 Å². The van der Waals surface area contributed by atoms with Crippen LogP contribution in [0.3, 0.4) is 0 Å². The van der Waals surface area contributed by atoms with Gasteiger partial charge in [-0.15, -0.1) is 0 Å². The summed E-state index contributed by atoms with van der Waals surface area (Å²) in [5.74, 6) is 1.48. The van der Waals surface area contributed by atoms with E-state index in [1.165, 1.54) is 5.56 Å². The minimum absolute atomic E-state index is 0.272. The van der Waals surface area contributed by atoms with Gasteiger partial charge in [0, 0.05) is 11.2 Å². The van der Waals surface area contributed by atoms with E-state index in [1.807, 2.05) is 12.1 Å². The van der Waals surface area contributed by atoms with Gasteiger partial charge < -0.3 is 4.74 Å². The second-order valence-electron chi connectivity index (χ2n) is 5.34. The van der Waals surface area contributed by atoms with E-state index in [-0.39, 0.29) is 5.41 Å². The Kier molecular flexibility index (Phi) is 4.85. The Morgan fingerprint density at radius 1 is 1.19 bits per heavy atom. The van der Waals surface area contributed by atoms with Gasteiger partial charge in [-0.2, -0.15) is 0 Å². The van der Waals surface area contributed by atoms with Crippen LogP contribution in [0.5, 0.6) is 5.75 Å². The molecule has 0 aliphatic carbocycles. The van der Waals surface area contributed by atoms with Crippen LogP contribution in [0.15, 0.2) is 24.3 Å². The molecule has 1 aromatic carbocycles. The van der Waals surface area contributed by atoms with E-state index in [2.05, 4.69) is 55.8 Å². The second kappa shape index (κ2) is 5.72. The largest absolute Gasteiger partial charge is 0.493 e. The van der Waals surface area contributed by atoms with Crippen molar-refractivity contribution in [1.82, 2.24) is 0 Å². The Labute approximate surface area is 107 Å². The first kappa shape index (κ1) is 13.6. The first-order valence-corrected chi connectivity index (χ1v) is 6.81. The fourth-order valence-corrected chi connectivity index (χ4v) is 2.52. The molecule has 0 bridgehead atoms. The predicted molar refractivity (Wildman–Crippen MR) is 73.4 cm³/mol. The number of ether oxygens (including phenoxy) is 1. The van der Waals surface area contributed by atoms with Gasteiger partial charge in [-0.1, -0.05) is 54.4 Å². The van der Waals surface area contributed by atoms with Crippen LogP contribution in [0.1, 0.15) is 26.3 Å². The minimum atomic E-state index is 0.272. The molecule has 1 atom stereocenters. The Balaban J connectivity index is 2.53.